The van der Waals surface area contributed by atoms with Crippen LogP contribution < -0.4 is 5.32 Å². The van der Waals surface area contributed by atoms with Crippen LogP contribution in [0.3, 0.4) is 0 Å². The van der Waals surface area contributed by atoms with E-state index in [2.05, 4.69) is 17.4 Å². The summed E-state index contributed by atoms with van der Waals surface area (Å²) in [5.74, 6) is -0.810. The number of carboxylic acids is 1. The predicted octanol–water partition coefficient (Wildman–Crippen LogP) is 3.46. The van der Waals surface area contributed by atoms with Crippen molar-refractivity contribution in [2.75, 3.05) is 13.2 Å². The minimum Gasteiger partial charge on any atom is -0.475 e. The zero-order chi connectivity index (χ0) is 21.3. The molecule has 3 rings (SSSR count). The Labute approximate surface area is 176 Å². The number of aliphatic hydroxyl groups excluding tert-OH is 1. The third-order valence-corrected chi connectivity index (χ3v) is 5.30. The monoisotopic (exact) mass is 415 g/mol. The number of benzene rings is 1. The number of amides is 1. The number of furan rings is 1. The van der Waals surface area contributed by atoms with E-state index in [9.17, 15) is 9.59 Å². The second kappa shape index (κ2) is 10.9. The first-order chi connectivity index (χ1) is 14.6. The highest BCUT2D eigenvalue weighted by atomic mass is 16.5. The SMILES string of the molecule is O=C1CC[C@@H](COC(c2ccc(CCCCCCO)cc2)c2ccc(C(=O)O)o2)N1. The lowest BCUT2D eigenvalue weighted by Gasteiger charge is -2.19. The Hall–Kier alpha value is -2.64. The smallest absolute Gasteiger partial charge is 0.371 e. The Balaban J connectivity index is 1.67. The molecule has 1 amide bonds. The van der Waals surface area contributed by atoms with Crippen LogP contribution in [0.1, 0.15) is 72.1 Å². The van der Waals surface area contributed by atoms with Crippen molar-refractivity contribution in [1.29, 1.82) is 0 Å². The van der Waals surface area contributed by atoms with E-state index in [0.717, 1.165) is 44.1 Å². The molecule has 0 radical (unpaired) electrons. The van der Waals surface area contributed by atoms with Gasteiger partial charge in [0.15, 0.2) is 0 Å². The number of carbonyl (C=O) groups is 2. The molecule has 7 heteroatoms. The topological polar surface area (TPSA) is 109 Å². The van der Waals surface area contributed by atoms with Crippen LogP contribution in [0.5, 0.6) is 0 Å². The molecule has 1 unspecified atom stereocenters. The molecule has 1 aromatic heterocycles. The highest BCUT2D eigenvalue weighted by molar-refractivity contribution is 5.84. The molecular formula is C23H29NO6. The van der Waals surface area contributed by atoms with Crippen LogP contribution in [0, 0.1) is 0 Å². The maximum atomic E-state index is 11.4. The Kier molecular flexibility index (Phi) is 8.04. The number of aryl methyl sites for hydroxylation is 1. The van der Waals surface area contributed by atoms with Crippen LogP contribution in [0.25, 0.3) is 0 Å². The van der Waals surface area contributed by atoms with Gasteiger partial charge < -0.3 is 24.7 Å². The quantitative estimate of drug-likeness (QED) is 0.458. The zero-order valence-electron chi connectivity index (χ0n) is 17.0. The average molecular weight is 415 g/mol. The molecule has 2 aromatic rings. The number of carbonyl (C=O) groups excluding carboxylic acids is 1. The molecule has 30 heavy (non-hydrogen) atoms. The maximum absolute atomic E-state index is 11.4. The number of nitrogens with one attached hydrogen (secondary N) is 1. The first-order valence-corrected chi connectivity index (χ1v) is 10.5. The highest BCUT2D eigenvalue weighted by Gasteiger charge is 2.25. The molecule has 0 aliphatic carbocycles. The lowest BCUT2D eigenvalue weighted by molar-refractivity contribution is -0.119. The van der Waals surface area contributed by atoms with E-state index in [1.165, 1.54) is 11.6 Å². The Morgan fingerprint density at radius 2 is 1.90 bits per heavy atom. The summed E-state index contributed by atoms with van der Waals surface area (Å²) in [6.07, 6.45) is 5.68. The van der Waals surface area contributed by atoms with E-state index < -0.39 is 12.1 Å². The summed E-state index contributed by atoms with van der Waals surface area (Å²) in [5.41, 5.74) is 2.09. The Bertz CT molecular complexity index is 828. The number of unbranched alkanes of at least 4 members (excludes halogenated alkanes) is 3. The molecule has 1 fully saturated rings. The maximum Gasteiger partial charge on any atom is 0.371 e. The largest absolute Gasteiger partial charge is 0.475 e. The average Bonchev–Trinajstić information content (AvgIpc) is 3.39. The number of hydrogen-bond acceptors (Lipinski definition) is 5. The lowest BCUT2D eigenvalue weighted by Crippen LogP contribution is -2.30. The van der Waals surface area contributed by atoms with Crippen molar-refractivity contribution >= 4 is 11.9 Å². The van der Waals surface area contributed by atoms with Crippen molar-refractivity contribution in [2.24, 2.45) is 0 Å². The summed E-state index contributed by atoms with van der Waals surface area (Å²) in [4.78, 5) is 22.6. The standard InChI is InChI=1S/C23H29NO6/c25-14-4-2-1-3-5-16-6-8-17(9-7-16)22(19-11-12-20(30-19)23(27)28)29-15-18-10-13-21(26)24-18/h6-9,11-12,18,22,25H,1-5,10,13-15H2,(H,24,26)(H,27,28)/t18-,22?/m0/s1. The number of aromatic carboxylic acids is 1. The number of rotatable bonds is 12. The molecule has 162 valence electrons. The van der Waals surface area contributed by atoms with Gasteiger partial charge in [-0.15, -0.1) is 0 Å². The van der Waals surface area contributed by atoms with E-state index in [4.69, 9.17) is 19.4 Å². The van der Waals surface area contributed by atoms with Gasteiger partial charge in [-0.05, 0) is 48.9 Å². The summed E-state index contributed by atoms with van der Waals surface area (Å²) in [7, 11) is 0. The number of aliphatic hydroxyl groups is 1. The van der Waals surface area contributed by atoms with Crippen LogP contribution in [0.2, 0.25) is 0 Å². The molecular weight excluding hydrogens is 386 g/mol. The Morgan fingerprint density at radius 1 is 1.13 bits per heavy atom. The summed E-state index contributed by atoms with van der Waals surface area (Å²) in [5, 5.41) is 20.9. The van der Waals surface area contributed by atoms with E-state index in [0.29, 0.717) is 18.8 Å². The van der Waals surface area contributed by atoms with Crippen molar-refractivity contribution < 1.29 is 29.0 Å². The van der Waals surface area contributed by atoms with Gasteiger partial charge in [0.05, 0.1) is 12.6 Å². The van der Waals surface area contributed by atoms with Crippen LogP contribution in [-0.4, -0.2) is 41.3 Å². The van der Waals surface area contributed by atoms with Gasteiger partial charge in [-0.1, -0.05) is 37.1 Å². The minimum atomic E-state index is -1.13. The zero-order valence-corrected chi connectivity index (χ0v) is 17.0. The molecule has 3 N–H and O–H groups in total. The van der Waals surface area contributed by atoms with Gasteiger partial charge in [-0.3, -0.25) is 4.79 Å². The van der Waals surface area contributed by atoms with Crippen molar-refractivity contribution in [3.63, 3.8) is 0 Å². The molecule has 1 saturated heterocycles. The van der Waals surface area contributed by atoms with Gasteiger partial charge in [0, 0.05) is 13.0 Å². The number of ether oxygens (including phenoxy) is 1. The first kappa shape index (κ1) is 22.1. The van der Waals surface area contributed by atoms with Crippen molar-refractivity contribution in [3.8, 4) is 0 Å². The van der Waals surface area contributed by atoms with Gasteiger partial charge >= 0.3 is 5.97 Å². The van der Waals surface area contributed by atoms with Crippen LogP contribution in [-0.2, 0) is 16.0 Å². The lowest BCUT2D eigenvalue weighted by atomic mass is 10.0. The van der Waals surface area contributed by atoms with Crippen molar-refractivity contribution in [2.45, 2.75) is 57.1 Å². The second-order valence-electron chi connectivity index (χ2n) is 7.65. The van der Waals surface area contributed by atoms with Crippen LogP contribution in [0.4, 0.5) is 0 Å². The second-order valence-corrected chi connectivity index (χ2v) is 7.65. The van der Waals surface area contributed by atoms with E-state index in [1.54, 1.807) is 6.07 Å². The van der Waals surface area contributed by atoms with Crippen molar-refractivity contribution in [1.82, 2.24) is 5.32 Å². The van der Waals surface area contributed by atoms with Crippen LogP contribution >= 0.6 is 0 Å². The minimum absolute atomic E-state index is 0.0228. The highest BCUT2D eigenvalue weighted by Crippen LogP contribution is 2.29. The number of carboxylic acid groups (broad SMARTS) is 1. The van der Waals surface area contributed by atoms with Gasteiger partial charge in [0.2, 0.25) is 11.7 Å². The predicted molar refractivity (Wildman–Crippen MR) is 110 cm³/mol. The molecule has 1 aromatic carbocycles. The van der Waals surface area contributed by atoms with Crippen molar-refractivity contribution in [3.05, 3.63) is 59.0 Å². The number of hydrogen-bond donors (Lipinski definition) is 3. The molecule has 1 aliphatic rings. The normalized spacial score (nSPS) is 17.1. The van der Waals surface area contributed by atoms with Gasteiger partial charge in [0.25, 0.3) is 0 Å². The van der Waals surface area contributed by atoms with Gasteiger partial charge in [0.1, 0.15) is 11.9 Å². The van der Waals surface area contributed by atoms with E-state index >= 15 is 0 Å². The molecule has 0 spiro atoms. The molecule has 2 atom stereocenters. The molecule has 1 aliphatic heterocycles. The van der Waals surface area contributed by atoms with E-state index in [1.807, 2.05) is 12.1 Å². The third-order valence-electron chi connectivity index (χ3n) is 5.30. The fraction of sp³-hybridized carbons (Fsp3) is 0.478. The van der Waals surface area contributed by atoms with Crippen LogP contribution in [0.15, 0.2) is 40.8 Å². The fourth-order valence-corrected chi connectivity index (χ4v) is 3.62. The molecule has 0 saturated carbocycles. The fourth-order valence-electron chi connectivity index (χ4n) is 3.62. The molecule has 0 bridgehead atoms. The summed E-state index contributed by atoms with van der Waals surface area (Å²) in [6.45, 7) is 0.573. The molecule has 2 heterocycles. The molecule has 7 nitrogen and oxygen atoms in total. The van der Waals surface area contributed by atoms with Gasteiger partial charge in [-0.25, -0.2) is 4.79 Å². The summed E-state index contributed by atoms with van der Waals surface area (Å²) >= 11 is 0. The van der Waals surface area contributed by atoms with E-state index in [-0.39, 0.29) is 24.3 Å². The third kappa shape index (κ3) is 6.18. The summed E-state index contributed by atoms with van der Waals surface area (Å²) in [6, 6.07) is 11.1. The van der Waals surface area contributed by atoms with Gasteiger partial charge in [-0.2, -0.15) is 0 Å². The Morgan fingerprint density at radius 3 is 2.53 bits per heavy atom. The summed E-state index contributed by atoms with van der Waals surface area (Å²) < 4.78 is 11.6. The first-order valence-electron chi connectivity index (χ1n) is 10.5.